The van der Waals surface area contributed by atoms with Gasteiger partial charge in [0, 0.05) is 25.0 Å². The van der Waals surface area contributed by atoms with Crippen molar-refractivity contribution in [2.24, 2.45) is 0 Å². The maximum atomic E-state index is 10.9. The van der Waals surface area contributed by atoms with Gasteiger partial charge in [0.05, 0.1) is 7.11 Å². The van der Waals surface area contributed by atoms with Crippen molar-refractivity contribution in [3.63, 3.8) is 0 Å². The fraction of sp³-hybridized carbons (Fsp3) is 0.111. The molecule has 1 aromatic carbocycles. The molecule has 0 heterocycles. The number of esters is 1. The van der Waals surface area contributed by atoms with Gasteiger partial charge < -0.3 is 4.74 Å². The predicted octanol–water partition coefficient (Wildman–Crippen LogP) is 1.65. The van der Waals surface area contributed by atoms with Crippen molar-refractivity contribution in [3.05, 3.63) is 42.3 Å². The molecule has 0 aromatic heterocycles. The number of rotatable bonds is 1. The number of hydrogen-bond acceptors (Lipinski definition) is 2. The second-order valence-corrected chi connectivity index (χ2v) is 2.19. The summed E-state index contributed by atoms with van der Waals surface area (Å²) in [7, 11) is 1.36. The normalized spacial score (nSPS) is 8.42. The fourth-order valence-electron chi connectivity index (χ4n) is 0.816. The van der Waals surface area contributed by atoms with Crippen LogP contribution in [0.3, 0.4) is 0 Å². The zero-order chi connectivity index (χ0) is 8.27. The summed E-state index contributed by atoms with van der Waals surface area (Å²) in [6, 6.07) is 6.98. The molecule has 60 valence electrons. The fourth-order valence-corrected chi connectivity index (χ4v) is 0.816. The average molecular weight is 215 g/mol. The third-order valence-corrected chi connectivity index (χ3v) is 1.35. The van der Waals surface area contributed by atoms with Crippen LogP contribution in [0.1, 0.15) is 15.9 Å². The number of benzene rings is 1. The number of methoxy groups -OCH3 is 1. The first kappa shape index (κ1) is 11.2. The molecule has 1 aromatic rings. The summed E-state index contributed by atoms with van der Waals surface area (Å²) in [5, 5.41) is 0. The van der Waals surface area contributed by atoms with Gasteiger partial charge >= 0.3 is 5.97 Å². The van der Waals surface area contributed by atoms with Crippen molar-refractivity contribution in [1.82, 2.24) is 0 Å². The summed E-state index contributed by atoms with van der Waals surface area (Å²) < 4.78 is 4.52. The molecular weight excluding hydrogens is 205 g/mol. The Hall–Kier alpha value is -0.817. The molecule has 2 nitrogen and oxygen atoms in total. The average Bonchev–Trinajstić information content (AvgIpc) is 2.03. The Balaban J connectivity index is 0.00000121. The maximum absolute atomic E-state index is 10.9. The first-order valence-electron chi connectivity index (χ1n) is 3.24. The maximum Gasteiger partial charge on any atom is 0.325 e. The SMILES string of the molecule is [CH2-]c1cccc(C(=O)OC)c1.[Zn]. The van der Waals surface area contributed by atoms with E-state index < -0.39 is 0 Å². The van der Waals surface area contributed by atoms with Crippen LogP contribution in [0.2, 0.25) is 0 Å². The van der Waals surface area contributed by atoms with Gasteiger partial charge in [-0.15, -0.1) is 12.1 Å². The molecule has 0 bridgehead atoms. The van der Waals surface area contributed by atoms with Crippen LogP contribution in [-0.4, -0.2) is 13.1 Å². The first-order valence-corrected chi connectivity index (χ1v) is 3.24. The molecule has 0 N–H and O–H groups in total. The first-order chi connectivity index (χ1) is 5.24. The molecule has 1 rings (SSSR count). The third kappa shape index (κ3) is 2.67. The summed E-state index contributed by atoms with van der Waals surface area (Å²) in [5.74, 6) is -0.324. The van der Waals surface area contributed by atoms with Gasteiger partial charge in [0.2, 0.25) is 0 Å². The molecule has 3 heteroatoms. The van der Waals surface area contributed by atoms with Gasteiger partial charge in [0.15, 0.2) is 0 Å². The van der Waals surface area contributed by atoms with Crippen LogP contribution in [0.4, 0.5) is 0 Å². The van der Waals surface area contributed by atoms with Crippen molar-refractivity contribution in [1.29, 1.82) is 0 Å². The number of ether oxygens (including phenoxy) is 1. The Labute approximate surface area is 84.7 Å². The molecular formula is C9H9O2Zn-. The molecule has 0 spiro atoms. The molecule has 0 radical (unpaired) electrons. The van der Waals surface area contributed by atoms with E-state index in [-0.39, 0.29) is 25.4 Å². The topological polar surface area (TPSA) is 26.3 Å². The van der Waals surface area contributed by atoms with E-state index in [1.165, 1.54) is 7.11 Å². The standard InChI is InChI=1S/C9H9O2.Zn/c1-7-4-3-5-8(6-7)9(10)11-2;/h3-6H,1H2,2H3;/q-1;. The molecule has 12 heavy (non-hydrogen) atoms. The van der Waals surface area contributed by atoms with Gasteiger partial charge in [-0.2, -0.15) is 18.6 Å². The zero-order valence-corrected chi connectivity index (χ0v) is 10.0. The van der Waals surface area contributed by atoms with Gasteiger partial charge in [-0.1, -0.05) is 6.07 Å². The number of carbonyl (C=O) groups is 1. The van der Waals surface area contributed by atoms with Gasteiger partial charge in [0.25, 0.3) is 0 Å². The van der Waals surface area contributed by atoms with Crippen LogP contribution < -0.4 is 0 Å². The van der Waals surface area contributed by atoms with Crippen molar-refractivity contribution in [2.75, 3.05) is 7.11 Å². The molecule has 0 saturated carbocycles. The van der Waals surface area contributed by atoms with E-state index in [0.29, 0.717) is 5.56 Å². The Morgan fingerprint density at radius 3 is 2.67 bits per heavy atom. The van der Waals surface area contributed by atoms with E-state index in [4.69, 9.17) is 0 Å². The van der Waals surface area contributed by atoms with E-state index in [1.807, 2.05) is 6.07 Å². The molecule has 0 aliphatic heterocycles. The summed E-state index contributed by atoms with van der Waals surface area (Å²) in [4.78, 5) is 10.9. The van der Waals surface area contributed by atoms with Crippen molar-refractivity contribution >= 4 is 5.97 Å². The predicted molar refractivity (Wildman–Crippen MR) is 42.2 cm³/mol. The summed E-state index contributed by atoms with van der Waals surface area (Å²) >= 11 is 0. The van der Waals surface area contributed by atoms with E-state index in [9.17, 15) is 4.79 Å². The van der Waals surface area contributed by atoms with Crippen molar-refractivity contribution in [3.8, 4) is 0 Å². The van der Waals surface area contributed by atoms with Gasteiger partial charge in [-0.25, -0.2) is 4.79 Å². The molecule has 0 unspecified atom stereocenters. The third-order valence-electron chi connectivity index (χ3n) is 1.35. The summed E-state index contributed by atoms with van der Waals surface area (Å²) in [6.07, 6.45) is 0. The molecule has 0 amide bonds. The van der Waals surface area contributed by atoms with E-state index in [1.54, 1.807) is 18.2 Å². The Morgan fingerprint density at radius 2 is 2.17 bits per heavy atom. The van der Waals surface area contributed by atoms with Gasteiger partial charge in [-0.3, -0.25) is 0 Å². The molecule has 0 aliphatic carbocycles. The summed E-state index contributed by atoms with van der Waals surface area (Å²) in [5.41, 5.74) is 1.35. The second kappa shape index (κ2) is 4.94. The summed E-state index contributed by atoms with van der Waals surface area (Å²) in [6.45, 7) is 3.69. The smallest absolute Gasteiger partial charge is 0.325 e. The Kier molecular flexibility index (Phi) is 4.61. The van der Waals surface area contributed by atoms with Gasteiger partial charge in [0.1, 0.15) is 0 Å². The Bertz CT molecular complexity index is 271. The minimum atomic E-state index is -0.324. The number of hydrogen-bond donors (Lipinski definition) is 0. The largest absolute Gasteiger partial charge is 0.466 e. The number of carbonyl (C=O) groups excluding carboxylic acids is 1. The van der Waals surface area contributed by atoms with Gasteiger partial charge in [-0.05, 0) is 0 Å². The quantitative estimate of drug-likeness (QED) is 0.404. The second-order valence-electron chi connectivity index (χ2n) is 2.19. The van der Waals surface area contributed by atoms with Crippen LogP contribution in [-0.2, 0) is 24.2 Å². The van der Waals surface area contributed by atoms with Crippen LogP contribution in [0, 0.1) is 6.92 Å². The van der Waals surface area contributed by atoms with E-state index in [0.717, 1.165) is 5.56 Å². The molecule has 0 aliphatic rings. The van der Waals surface area contributed by atoms with Crippen molar-refractivity contribution in [2.45, 2.75) is 0 Å². The zero-order valence-electron chi connectivity index (χ0n) is 7.04. The minimum Gasteiger partial charge on any atom is -0.466 e. The van der Waals surface area contributed by atoms with Crippen LogP contribution in [0.5, 0.6) is 0 Å². The Morgan fingerprint density at radius 1 is 1.50 bits per heavy atom. The van der Waals surface area contributed by atoms with E-state index in [2.05, 4.69) is 11.7 Å². The van der Waals surface area contributed by atoms with Crippen LogP contribution >= 0.6 is 0 Å². The monoisotopic (exact) mass is 213 g/mol. The van der Waals surface area contributed by atoms with E-state index >= 15 is 0 Å². The molecule has 0 saturated heterocycles. The van der Waals surface area contributed by atoms with Crippen molar-refractivity contribution < 1.29 is 29.0 Å². The van der Waals surface area contributed by atoms with Crippen LogP contribution in [0.25, 0.3) is 0 Å². The minimum absolute atomic E-state index is 0. The molecule has 0 fully saturated rings. The van der Waals surface area contributed by atoms with Crippen LogP contribution in [0.15, 0.2) is 24.3 Å². The molecule has 0 atom stereocenters.